The Morgan fingerprint density at radius 2 is 1.76 bits per heavy atom. The number of nitrogens with zero attached hydrogens (tertiary/aromatic N) is 2. The molecule has 2 amide bonds. The van der Waals surface area contributed by atoms with E-state index in [9.17, 15) is 14.0 Å². The van der Waals surface area contributed by atoms with Crippen molar-refractivity contribution in [2.45, 2.75) is 19.4 Å². The monoisotopic (exact) mass is 462 g/mol. The Morgan fingerprint density at radius 3 is 2.41 bits per heavy atom. The smallest absolute Gasteiger partial charge is 0.255 e. The fourth-order valence-corrected chi connectivity index (χ4v) is 4.26. The highest BCUT2D eigenvalue weighted by Gasteiger charge is 2.26. The van der Waals surface area contributed by atoms with Gasteiger partial charge in [-0.15, -0.1) is 0 Å². The van der Waals surface area contributed by atoms with Crippen molar-refractivity contribution >= 4 is 28.9 Å². The number of halogens is 1. The van der Waals surface area contributed by atoms with E-state index in [1.165, 1.54) is 13.0 Å². The normalized spacial score (nSPS) is 15.4. The Kier molecular flexibility index (Phi) is 6.93. The number of nitrogens with one attached hydrogen (secondary N) is 2. The summed E-state index contributed by atoms with van der Waals surface area (Å²) in [7, 11) is 4.08. The van der Waals surface area contributed by atoms with E-state index < -0.39 is 0 Å². The summed E-state index contributed by atoms with van der Waals surface area (Å²) in [5.41, 5.74) is 3.87. The second kappa shape index (κ2) is 10.1. The maximum atomic E-state index is 14.8. The highest BCUT2D eigenvalue weighted by molar-refractivity contribution is 6.04. The van der Waals surface area contributed by atoms with Gasteiger partial charge in [0.05, 0.1) is 5.69 Å². The van der Waals surface area contributed by atoms with Crippen molar-refractivity contribution in [3.63, 3.8) is 0 Å². The maximum absolute atomic E-state index is 14.8. The number of hydrogen-bond acceptors (Lipinski definition) is 4. The summed E-state index contributed by atoms with van der Waals surface area (Å²) in [6.07, 6.45) is 0.996. The van der Waals surface area contributed by atoms with Gasteiger partial charge in [-0.05, 0) is 62.5 Å². The van der Waals surface area contributed by atoms with Crippen molar-refractivity contribution in [3.8, 4) is 11.1 Å². The fraction of sp³-hybridized carbons (Fsp3) is 0.259. The molecule has 3 aromatic carbocycles. The number of rotatable bonds is 6. The molecule has 6 nitrogen and oxygen atoms in total. The summed E-state index contributed by atoms with van der Waals surface area (Å²) < 4.78 is 14.8. The van der Waals surface area contributed by atoms with E-state index in [0.717, 1.165) is 30.6 Å². The summed E-state index contributed by atoms with van der Waals surface area (Å²) >= 11 is 0. The number of carbonyl (C=O) groups is 2. The number of anilines is 3. The molecule has 0 aromatic heterocycles. The first-order chi connectivity index (χ1) is 16.3. The maximum Gasteiger partial charge on any atom is 0.255 e. The summed E-state index contributed by atoms with van der Waals surface area (Å²) in [6, 6.07) is 19.8. The lowest BCUT2D eigenvalue weighted by molar-refractivity contribution is -0.114. The van der Waals surface area contributed by atoms with Gasteiger partial charge >= 0.3 is 0 Å². The molecule has 1 fully saturated rings. The molecule has 1 unspecified atom stereocenters. The molecular formula is C27H31FN4O2. The molecule has 178 valence electrons. The Balaban J connectivity index is 0.00000342. The lowest BCUT2D eigenvalue weighted by Gasteiger charge is -2.22. The third-order valence-corrected chi connectivity index (χ3v) is 6.14. The predicted octanol–water partition coefficient (Wildman–Crippen LogP) is 5.09. The molecule has 34 heavy (non-hydrogen) atoms. The van der Waals surface area contributed by atoms with Crippen LogP contribution in [0.5, 0.6) is 0 Å². The van der Waals surface area contributed by atoms with Gasteiger partial charge in [0.15, 0.2) is 0 Å². The van der Waals surface area contributed by atoms with Crippen LogP contribution in [0.2, 0.25) is 0 Å². The van der Waals surface area contributed by atoms with Gasteiger partial charge in [0.25, 0.3) is 5.91 Å². The minimum atomic E-state index is -0.345. The first kappa shape index (κ1) is 23.4. The largest absolute Gasteiger partial charge is 0.368 e. The van der Waals surface area contributed by atoms with Crippen molar-refractivity contribution in [2.24, 2.45) is 0 Å². The molecule has 0 aliphatic carbocycles. The van der Waals surface area contributed by atoms with Gasteiger partial charge in [0.2, 0.25) is 5.91 Å². The Labute approximate surface area is 200 Å². The van der Waals surface area contributed by atoms with Gasteiger partial charge in [-0.2, -0.15) is 0 Å². The Hall–Kier alpha value is -3.71. The van der Waals surface area contributed by atoms with Crippen molar-refractivity contribution in [1.29, 1.82) is 0 Å². The van der Waals surface area contributed by atoms with Gasteiger partial charge in [-0.1, -0.05) is 30.3 Å². The van der Waals surface area contributed by atoms with Crippen LogP contribution in [0.4, 0.5) is 21.5 Å². The van der Waals surface area contributed by atoms with E-state index in [-0.39, 0.29) is 19.1 Å². The van der Waals surface area contributed by atoms with Gasteiger partial charge in [-0.25, -0.2) is 4.39 Å². The number of carbonyl (C=O) groups excluding carboxylic acids is 2. The van der Waals surface area contributed by atoms with Crippen LogP contribution in [0.3, 0.4) is 0 Å². The van der Waals surface area contributed by atoms with Crippen molar-refractivity contribution in [2.75, 3.05) is 42.7 Å². The quantitative estimate of drug-likeness (QED) is 0.536. The minimum Gasteiger partial charge on any atom is -0.368 e. The molecule has 4 rings (SSSR count). The summed E-state index contributed by atoms with van der Waals surface area (Å²) in [5, 5.41) is 5.60. The first-order valence-electron chi connectivity index (χ1n) is 11.3. The molecule has 0 saturated carbocycles. The average molecular weight is 463 g/mol. The molecular weight excluding hydrogens is 431 g/mol. The summed E-state index contributed by atoms with van der Waals surface area (Å²) in [4.78, 5) is 28.4. The highest BCUT2D eigenvalue weighted by Crippen LogP contribution is 2.29. The van der Waals surface area contributed by atoms with E-state index >= 15 is 0 Å². The lowest BCUT2D eigenvalue weighted by atomic mass is 10.0. The molecule has 1 heterocycles. The second-order valence-corrected chi connectivity index (χ2v) is 8.78. The number of benzene rings is 3. The van der Waals surface area contributed by atoms with Crippen LogP contribution >= 0.6 is 0 Å². The second-order valence-electron chi connectivity index (χ2n) is 8.78. The molecule has 1 saturated heterocycles. The summed E-state index contributed by atoms with van der Waals surface area (Å²) in [6.45, 7) is 3.06. The standard InChI is InChI=1S/C27H29FN4O2.H2/c1-18(33)29-25-7-5-4-6-23(25)19-8-10-20(11-9-19)27(34)30-21-12-13-26(24(28)16-21)32-15-14-22(17-32)31(2)3;/h4-13,16,22H,14-15,17H2,1-3H3,(H,29,33)(H,30,34);1H. The highest BCUT2D eigenvalue weighted by atomic mass is 19.1. The van der Waals surface area contributed by atoms with Gasteiger partial charge in [0.1, 0.15) is 5.82 Å². The number of hydrogen-bond donors (Lipinski definition) is 2. The number of para-hydroxylation sites is 1. The van der Waals surface area contributed by atoms with E-state index in [2.05, 4.69) is 15.5 Å². The number of likely N-dealkylation sites (N-methyl/N-ethyl adjacent to an activating group) is 1. The SMILES string of the molecule is CC(=O)Nc1ccccc1-c1ccc(C(=O)Nc2ccc(N3CCC(N(C)C)C3)c(F)c2)cc1.[HH]. The van der Waals surface area contributed by atoms with Crippen LogP contribution in [-0.4, -0.2) is 49.9 Å². The fourth-order valence-electron chi connectivity index (χ4n) is 4.26. The molecule has 0 bridgehead atoms. The average Bonchev–Trinajstić information content (AvgIpc) is 3.30. The van der Waals surface area contributed by atoms with E-state index in [1.807, 2.05) is 55.4 Å². The van der Waals surface area contributed by atoms with Crippen LogP contribution in [0, 0.1) is 5.82 Å². The van der Waals surface area contributed by atoms with Gasteiger partial charge < -0.3 is 20.4 Å². The predicted molar refractivity (Wildman–Crippen MR) is 137 cm³/mol. The van der Waals surface area contributed by atoms with E-state index in [4.69, 9.17) is 0 Å². The minimum absolute atomic E-state index is 0. The molecule has 2 N–H and O–H groups in total. The van der Waals surface area contributed by atoms with Gasteiger partial charge in [0, 0.05) is 50.0 Å². The molecule has 0 radical (unpaired) electrons. The molecule has 3 aromatic rings. The molecule has 7 heteroatoms. The number of amides is 2. The molecule has 1 aliphatic heterocycles. The van der Waals surface area contributed by atoms with Crippen molar-refractivity contribution in [3.05, 3.63) is 78.1 Å². The van der Waals surface area contributed by atoms with E-state index in [1.54, 1.807) is 24.3 Å². The zero-order valence-corrected chi connectivity index (χ0v) is 19.6. The van der Waals surface area contributed by atoms with Crippen molar-refractivity contribution in [1.82, 2.24) is 4.90 Å². The third-order valence-electron chi connectivity index (χ3n) is 6.14. The van der Waals surface area contributed by atoms with Gasteiger partial charge in [-0.3, -0.25) is 9.59 Å². The zero-order valence-electron chi connectivity index (χ0n) is 19.6. The first-order valence-corrected chi connectivity index (χ1v) is 11.3. The van der Waals surface area contributed by atoms with Crippen LogP contribution in [-0.2, 0) is 4.79 Å². The van der Waals surface area contributed by atoms with Crippen LogP contribution < -0.4 is 15.5 Å². The third kappa shape index (κ3) is 5.26. The molecule has 0 spiro atoms. The van der Waals surface area contributed by atoms with E-state index in [0.29, 0.717) is 28.7 Å². The Morgan fingerprint density at radius 1 is 1.03 bits per heavy atom. The topological polar surface area (TPSA) is 64.7 Å². The van der Waals surface area contributed by atoms with Crippen LogP contribution in [0.15, 0.2) is 66.7 Å². The van der Waals surface area contributed by atoms with Crippen LogP contribution in [0.1, 0.15) is 25.1 Å². The Bertz CT molecular complexity index is 1200. The summed E-state index contributed by atoms with van der Waals surface area (Å²) in [5.74, 6) is -0.811. The lowest BCUT2D eigenvalue weighted by Crippen LogP contribution is -2.31. The molecule has 1 atom stereocenters. The molecule has 1 aliphatic rings. The zero-order chi connectivity index (χ0) is 24.2. The van der Waals surface area contributed by atoms with Crippen molar-refractivity contribution < 1.29 is 15.4 Å². The van der Waals surface area contributed by atoms with Crippen LogP contribution in [0.25, 0.3) is 11.1 Å².